The number of phenols is 1. The predicted octanol–water partition coefficient (Wildman–Crippen LogP) is 5.29. The van der Waals surface area contributed by atoms with Gasteiger partial charge in [0.15, 0.2) is 5.13 Å². The summed E-state index contributed by atoms with van der Waals surface area (Å²) in [6.45, 7) is 0. The molecule has 0 aliphatic heterocycles. The van der Waals surface area contributed by atoms with Crippen LogP contribution < -0.4 is 5.32 Å². The quantitative estimate of drug-likeness (QED) is 0.566. The van der Waals surface area contributed by atoms with Gasteiger partial charge in [0, 0.05) is 15.4 Å². The van der Waals surface area contributed by atoms with Crippen molar-refractivity contribution in [1.29, 1.82) is 0 Å². The molecule has 4 nitrogen and oxygen atoms in total. The van der Waals surface area contributed by atoms with Crippen molar-refractivity contribution in [3.8, 4) is 17.0 Å². The number of hydrogen-bond acceptors (Lipinski definition) is 4. The van der Waals surface area contributed by atoms with E-state index in [1.54, 1.807) is 18.2 Å². The predicted molar refractivity (Wildman–Crippen MR) is 99.0 cm³/mol. The SMILES string of the molecule is O=C(Nc1nc(-c2ccc(Br)cc2)cs1)c1cccc(Br)c1O. The Morgan fingerprint density at radius 1 is 1.13 bits per heavy atom. The maximum Gasteiger partial charge on any atom is 0.261 e. The first kappa shape index (κ1) is 16.2. The Morgan fingerprint density at radius 2 is 1.87 bits per heavy atom. The molecular weight excluding hydrogens is 444 g/mol. The molecular formula is C16H10Br2N2O2S. The maximum absolute atomic E-state index is 12.2. The van der Waals surface area contributed by atoms with E-state index in [0.717, 1.165) is 15.7 Å². The fraction of sp³-hybridized carbons (Fsp3) is 0. The monoisotopic (exact) mass is 452 g/mol. The average Bonchev–Trinajstić information content (AvgIpc) is 2.99. The van der Waals surface area contributed by atoms with Crippen molar-refractivity contribution in [2.75, 3.05) is 5.32 Å². The Kier molecular flexibility index (Phi) is 4.79. The van der Waals surface area contributed by atoms with E-state index in [-0.39, 0.29) is 11.3 Å². The summed E-state index contributed by atoms with van der Waals surface area (Å²) in [5.74, 6) is -0.491. The number of aromatic nitrogens is 1. The van der Waals surface area contributed by atoms with Gasteiger partial charge in [-0.25, -0.2) is 4.98 Å². The van der Waals surface area contributed by atoms with E-state index in [4.69, 9.17) is 0 Å². The Morgan fingerprint density at radius 3 is 2.61 bits per heavy atom. The van der Waals surface area contributed by atoms with Crippen molar-refractivity contribution in [1.82, 2.24) is 4.98 Å². The molecule has 1 heterocycles. The van der Waals surface area contributed by atoms with Gasteiger partial charge in [0.1, 0.15) is 5.75 Å². The van der Waals surface area contributed by atoms with Crippen molar-refractivity contribution >= 4 is 54.2 Å². The molecule has 0 atom stereocenters. The Balaban J connectivity index is 1.80. The van der Waals surface area contributed by atoms with E-state index in [0.29, 0.717) is 9.60 Å². The van der Waals surface area contributed by atoms with Crippen LogP contribution in [-0.4, -0.2) is 16.0 Å². The molecule has 2 N–H and O–H groups in total. The molecule has 0 spiro atoms. The summed E-state index contributed by atoms with van der Waals surface area (Å²) in [5, 5.41) is 15.0. The molecule has 116 valence electrons. The van der Waals surface area contributed by atoms with Gasteiger partial charge in [0.05, 0.1) is 15.7 Å². The summed E-state index contributed by atoms with van der Waals surface area (Å²) in [4.78, 5) is 16.7. The number of para-hydroxylation sites is 1. The zero-order valence-electron chi connectivity index (χ0n) is 11.6. The van der Waals surface area contributed by atoms with Crippen molar-refractivity contribution in [2.45, 2.75) is 0 Å². The molecule has 1 amide bonds. The number of amides is 1. The average molecular weight is 454 g/mol. The molecule has 0 aliphatic carbocycles. The number of nitrogens with zero attached hydrogens (tertiary/aromatic N) is 1. The minimum Gasteiger partial charge on any atom is -0.506 e. The smallest absolute Gasteiger partial charge is 0.261 e. The second-order valence-corrected chi connectivity index (χ2v) is 7.26. The van der Waals surface area contributed by atoms with Gasteiger partial charge in [-0.05, 0) is 40.2 Å². The molecule has 0 aliphatic rings. The van der Waals surface area contributed by atoms with Gasteiger partial charge in [-0.2, -0.15) is 0 Å². The first-order chi connectivity index (χ1) is 11.0. The number of phenolic OH excluding ortho intramolecular Hbond substituents is 1. The molecule has 0 saturated heterocycles. The summed E-state index contributed by atoms with van der Waals surface area (Å²) in [7, 11) is 0. The van der Waals surface area contributed by atoms with Gasteiger partial charge in [0.25, 0.3) is 5.91 Å². The third-order valence-corrected chi connectivity index (χ3v) is 5.02. The third-order valence-electron chi connectivity index (χ3n) is 3.10. The van der Waals surface area contributed by atoms with Crippen molar-refractivity contribution < 1.29 is 9.90 Å². The number of aromatic hydroxyl groups is 1. The number of thiazole rings is 1. The summed E-state index contributed by atoms with van der Waals surface area (Å²) in [6, 6.07) is 12.7. The standard InChI is InChI=1S/C16H10Br2N2O2S/c17-10-6-4-9(5-7-10)13-8-23-16(19-13)20-15(22)11-2-1-3-12(18)14(11)21/h1-8,21H,(H,19,20,22). The Hall–Kier alpha value is -1.70. The van der Waals surface area contributed by atoms with Gasteiger partial charge in [-0.1, -0.05) is 34.1 Å². The van der Waals surface area contributed by atoms with Crippen LogP contribution in [0.2, 0.25) is 0 Å². The fourth-order valence-corrected chi connectivity index (χ4v) is 3.29. The first-order valence-corrected chi connectivity index (χ1v) is 9.01. The van der Waals surface area contributed by atoms with E-state index in [1.165, 1.54) is 11.3 Å². The summed E-state index contributed by atoms with van der Waals surface area (Å²) < 4.78 is 1.47. The third kappa shape index (κ3) is 3.63. The normalized spacial score (nSPS) is 10.5. The van der Waals surface area contributed by atoms with E-state index in [1.807, 2.05) is 29.6 Å². The lowest BCUT2D eigenvalue weighted by Gasteiger charge is -2.05. The van der Waals surface area contributed by atoms with Crippen molar-refractivity contribution in [2.24, 2.45) is 0 Å². The second kappa shape index (κ2) is 6.82. The highest BCUT2D eigenvalue weighted by atomic mass is 79.9. The molecule has 1 aromatic heterocycles. The number of benzene rings is 2. The highest BCUT2D eigenvalue weighted by Crippen LogP contribution is 2.29. The van der Waals surface area contributed by atoms with Crippen LogP contribution in [0.4, 0.5) is 5.13 Å². The molecule has 0 fully saturated rings. The lowest BCUT2D eigenvalue weighted by Crippen LogP contribution is -2.11. The van der Waals surface area contributed by atoms with E-state index in [2.05, 4.69) is 42.2 Å². The van der Waals surface area contributed by atoms with Crippen LogP contribution >= 0.6 is 43.2 Å². The number of anilines is 1. The zero-order valence-corrected chi connectivity index (χ0v) is 15.6. The van der Waals surface area contributed by atoms with Gasteiger partial charge in [-0.15, -0.1) is 11.3 Å². The van der Waals surface area contributed by atoms with Gasteiger partial charge >= 0.3 is 0 Å². The Bertz CT molecular complexity index is 863. The molecule has 3 aromatic rings. The van der Waals surface area contributed by atoms with Crippen LogP contribution in [-0.2, 0) is 0 Å². The minimum atomic E-state index is -0.402. The lowest BCUT2D eigenvalue weighted by atomic mass is 10.2. The molecule has 23 heavy (non-hydrogen) atoms. The summed E-state index contributed by atoms with van der Waals surface area (Å²) in [5.41, 5.74) is 1.95. The number of carbonyl (C=O) groups is 1. The number of carbonyl (C=O) groups excluding carboxylic acids is 1. The van der Waals surface area contributed by atoms with Gasteiger partial charge in [0.2, 0.25) is 0 Å². The molecule has 0 radical (unpaired) electrons. The fourth-order valence-electron chi connectivity index (χ4n) is 1.95. The van der Waals surface area contributed by atoms with Crippen molar-refractivity contribution in [3.63, 3.8) is 0 Å². The van der Waals surface area contributed by atoms with Crippen LogP contribution in [0.5, 0.6) is 5.75 Å². The number of nitrogens with one attached hydrogen (secondary N) is 1. The highest BCUT2D eigenvalue weighted by molar-refractivity contribution is 9.10. The summed E-state index contributed by atoms with van der Waals surface area (Å²) in [6.07, 6.45) is 0. The molecule has 2 aromatic carbocycles. The van der Waals surface area contributed by atoms with Gasteiger partial charge < -0.3 is 5.11 Å². The summed E-state index contributed by atoms with van der Waals surface area (Å²) >= 11 is 7.92. The molecule has 0 bridgehead atoms. The molecule has 3 rings (SSSR count). The number of rotatable bonds is 3. The molecule has 0 saturated carbocycles. The number of hydrogen-bond donors (Lipinski definition) is 2. The van der Waals surface area contributed by atoms with Crippen molar-refractivity contribution in [3.05, 3.63) is 62.4 Å². The van der Waals surface area contributed by atoms with E-state index in [9.17, 15) is 9.90 Å². The van der Waals surface area contributed by atoms with Crippen LogP contribution in [0.15, 0.2) is 56.8 Å². The molecule has 7 heteroatoms. The zero-order chi connectivity index (χ0) is 16.4. The first-order valence-electron chi connectivity index (χ1n) is 6.55. The van der Waals surface area contributed by atoms with E-state index < -0.39 is 5.91 Å². The van der Waals surface area contributed by atoms with Crippen LogP contribution in [0.25, 0.3) is 11.3 Å². The minimum absolute atomic E-state index is 0.0883. The second-order valence-electron chi connectivity index (χ2n) is 4.63. The van der Waals surface area contributed by atoms with Crippen LogP contribution in [0.3, 0.4) is 0 Å². The topological polar surface area (TPSA) is 62.2 Å². The van der Waals surface area contributed by atoms with Gasteiger partial charge in [-0.3, -0.25) is 10.1 Å². The van der Waals surface area contributed by atoms with Crippen LogP contribution in [0.1, 0.15) is 10.4 Å². The van der Waals surface area contributed by atoms with E-state index >= 15 is 0 Å². The van der Waals surface area contributed by atoms with Crippen LogP contribution in [0, 0.1) is 0 Å². The maximum atomic E-state index is 12.2. The number of halogens is 2. The lowest BCUT2D eigenvalue weighted by molar-refractivity contribution is 0.102. The molecule has 0 unspecified atom stereocenters. The largest absolute Gasteiger partial charge is 0.506 e. The highest BCUT2D eigenvalue weighted by Gasteiger charge is 2.15. The Labute approximate surface area is 153 Å².